The first-order valence-electron chi connectivity index (χ1n) is 3.64. The molecule has 2 nitrogen and oxygen atoms in total. The summed E-state index contributed by atoms with van der Waals surface area (Å²) in [6.07, 6.45) is -5.29. The van der Waals surface area contributed by atoms with Crippen LogP contribution in [0.25, 0.3) is 0 Å². The van der Waals surface area contributed by atoms with Gasteiger partial charge in [-0.3, -0.25) is 4.79 Å². The van der Waals surface area contributed by atoms with Gasteiger partial charge in [0, 0.05) is 4.47 Å². The molecule has 0 N–H and O–H groups in total. The molecule has 0 aliphatic carbocycles. The first kappa shape index (κ1) is 12.9. The lowest BCUT2D eigenvalue weighted by atomic mass is 10.2. The minimum absolute atomic E-state index is 0.0535. The van der Waals surface area contributed by atoms with Gasteiger partial charge in [0.25, 0.3) is 0 Å². The van der Waals surface area contributed by atoms with E-state index in [2.05, 4.69) is 20.7 Å². The zero-order chi connectivity index (χ0) is 12.5. The van der Waals surface area contributed by atoms with Crippen molar-refractivity contribution in [3.05, 3.63) is 27.7 Å². The highest BCUT2D eigenvalue weighted by Gasteiger charge is 2.35. The van der Waals surface area contributed by atoms with Crippen LogP contribution < -0.4 is 4.74 Å². The lowest BCUT2D eigenvalue weighted by Gasteiger charge is -2.12. The minimum atomic E-state index is -5.24. The average molecular weight is 305 g/mol. The summed E-state index contributed by atoms with van der Waals surface area (Å²) in [7, 11) is 0. The standard InChI is InChI=1S/C8H2BrF5O2/c9-4-1-5(10)7(16-8(12,13)14)6(11)3(4)2-15/h1-2H. The van der Waals surface area contributed by atoms with Gasteiger partial charge in [0.2, 0.25) is 5.75 Å². The smallest absolute Gasteiger partial charge is 0.399 e. The van der Waals surface area contributed by atoms with Crippen LogP contribution >= 0.6 is 15.9 Å². The van der Waals surface area contributed by atoms with Crippen LogP contribution in [0, 0.1) is 11.6 Å². The van der Waals surface area contributed by atoms with E-state index in [0.29, 0.717) is 6.07 Å². The number of alkyl halides is 3. The number of rotatable bonds is 2. The molecule has 88 valence electrons. The largest absolute Gasteiger partial charge is 0.573 e. The van der Waals surface area contributed by atoms with Gasteiger partial charge in [-0.05, 0) is 22.0 Å². The molecule has 1 aromatic carbocycles. The van der Waals surface area contributed by atoms with E-state index in [1.165, 1.54) is 0 Å². The van der Waals surface area contributed by atoms with Crippen molar-refractivity contribution < 1.29 is 31.5 Å². The molecular formula is C8H2BrF5O2. The Labute approximate surface area is 94.1 Å². The van der Waals surface area contributed by atoms with Crippen molar-refractivity contribution in [2.75, 3.05) is 0 Å². The first-order valence-corrected chi connectivity index (χ1v) is 4.44. The lowest BCUT2D eigenvalue weighted by Crippen LogP contribution is -2.19. The van der Waals surface area contributed by atoms with E-state index in [9.17, 15) is 26.7 Å². The van der Waals surface area contributed by atoms with Gasteiger partial charge < -0.3 is 4.74 Å². The summed E-state index contributed by atoms with van der Waals surface area (Å²) in [5, 5.41) is 0. The van der Waals surface area contributed by atoms with E-state index in [-0.39, 0.29) is 10.8 Å². The number of benzene rings is 1. The Bertz CT molecular complexity index is 429. The minimum Gasteiger partial charge on any atom is -0.399 e. The molecule has 0 aromatic heterocycles. The molecule has 16 heavy (non-hydrogen) atoms. The highest BCUT2D eigenvalue weighted by molar-refractivity contribution is 9.10. The highest BCUT2D eigenvalue weighted by atomic mass is 79.9. The Hall–Kier alpha value is -1.18. The second kappa shape index (κ2) is 4.36. The predicted octanol–water partition coefficient (Wildman–Crippen LogP) is 3.44. The van der Waals surface area contributed by atoms with Crippen molar-refractivity contribution in [1.29, 1.82) is 0 Å². The van der Waals surface area contributed by atoms with Crippen molar-refractivity contribution in [2.24, 2.45) is 0 Å². The van der Waals surface area contributed by atoms with Crippen LogP contribution in [0.2, 0.25) is 0 Å². The van der Waals surface area contributed by atoms with Crippen molar-refractivity contribution in [3.63, 3.8) is 0 Å². The summed E-state index contributed by atoms with van der Waals surface area (Å²) in [6, 6.07) is 0.508. The third kappa shape index (κ3) is 2.69. The van der Waals surface area contributed by atoms with Crippen molar-refractivity contribution >= 4 is 22.2 Å². The van der Waals surface area contributed by atoms with Crippen LogP contribution in [-0.4, -0.2) is 12.6 Å². The Morgan fingerprint density at radius 1 is 1.31 bits per heavy atom. The third-order valence-corrected chi connectivity index (χ3v) is 2.16. The zero-order valence-corrected chi connectivity index (χ0v) is 8.82. The van der Waals surface area contributed by atoms with E-state index in [0.717, 1.165) is 0 Å². The number of carbonyl (C=O) groups excluding carboxylic acids is 1. The van der Waals surface area contributed by atoms with Crippen molar-refractivity contribution in [3.8, 4) is 5.75 Å². The molecule has 1 aromatic rings. The first-order chi connectivity index (χ1) is 7.26. The molecule has 0 aliphatic heterocycles. The van der Waals surface area contributed by atoms with Gasteiger partial charge >= 0.3 is 6.36 Å². The Kier molecular flexibility index (Phi) is 3.51. The summed E-state index contributed by atoms with van der Waals surface area (Å²) in [5.74, 6) is -4.93. The molecule has 0 fully saturated rings. The molecule has 0 unspecified atom stereocenters. The molecule has 8 heteroatoms. The highest BCUT2D eigenvalue weighted by Crippen LogP contribution is 2.33. The monoisotopic (exact) mass is 304 g/mol. The molecule has 0 radical (unpaired) electrons. The molecule has 0 bridgehead atoms. The molecule has 0 saturated carbocycles. The quantitative estimate of drug-likeness (QED) is 0.618. The van der Waals surface area contributed by atoms with E-state index in [4.69, 9.17) is 0 Å². The maximum atomic E-state index is 13.2. The number of aldehydes is 1. The molecule has 0 heterocycles. The Morgan fingerprint density at radius 3 is 2.31 bits per heavy atom. The fraction of sp³-hybridized carbons (Fsp3) is 0.125. The van der Waals surface area contributed by atoms with Crippen LogP contribution in [0.5, 0.6) is 5.75 Å². The van der Waals surface area contributed by atoms with Gasteiger partial charge in [-0.15, -0.1) is 13.2 Å². The van der Waals surface area contributed by atoms with E-state index >= 15 is 0 Å². The van der Waals surface area contributed by atoms with Crippen molar-refractivity contribution in [1.82, 2.24) is 0 Å². The zero-order valence-electron chi connectivity index (χ0n) is 7.24. The molecule has 0 saturated heterocycles. The van der Waals surface area contributed by atoms with E-state index in [1.54, 1.807) is 0 Å². The van der Waals surface area contributed by atoms with Crippen LogP contribution in [0.4, 0.5) is 22.0 Å². The number of ether oxygens (including phenoxy) is 1. The molecule has 0 atom stereocenters. The lowest BCUT2D eigenvalue weighted by molar-refractivity contribution is -0.276. The molecule has 0 aliphatic rings. The number of halogens is 6. The molecular weight excluding hydrogens is 303 g/mol. The van der Waals surface area contributed by atoms with Crippen molar-refractivity contribution in [2.45, 2.75) is 6.36 Å². The third-order valence-electron chi connectivity index (χ3n) is 1.50. The van der Waals surface area contributed by atoms with E-state index < -0.39 is 29.3 Å². The maximum Gasteiger partial charge on any atom is 0.573 e. The Morgan fingerprint density at radius 2 is 1.88 bits per heavy atom. The summed E-state index contributed by atoms with van der Waals surface area (Å²) in [5.41, 5.74) is -0.749. The SMILES string of the molecule is O=Cc1c(Br)cc(F)c(OC(F)(F)F)c1F. The maximum absolute atomic E-state index is 13.2. The van der Waals surface area contributed by atoms with Gasteiger partial charge in [-0.25, -0.2) is 8.78 Å². The summed E-state index contributed by atoms with van der Waals surface area (Å²) in [4.78, 5) is 10.3. The van der Waals surface area contributed by atoms with Crippen LogP contribution in [0.1, 0.15) is 10.4 Å². The van der Waals surface area contributed by atoms with Crippen LogP contribution in [0.15, 0.2) is 10.5 Å². The topological polar surface area (TPSA) is 26.3 Å². The fourth-order valence-corrected chi connectivity index (χ4v) is 1.37. The summed E-state index contributed by atoms with van der Waals surface area (Å²) >= 11 is 2.62. The molecule has 1 rings (SSSR count). The molecule has 0 amide bonds. The Balaban J connectivity index is 3.34. The van der Waals surface area contributed by atoms with Gasteiger partial charge in [-0.2, -0.15) is 0 Å². The predicted molar refractivity (Wildman–Crippen MR) is 46.1 cm³/mol. The van der Waals surface area contributed by atoms with E-state index in [1.807, 2.05) is 0 Å². The summed E-state index contributed by atoms with van der Waals surface area (Å²) < 4.78 is 64.3. The van der Waals surface area contributed by atoms with Gasteiger partial charge in [0.05, 0.1) is 5.56 Å². The molecule has 0 spiro atoms. The summed E-state index contributed by atoms with van der Waals surface area (Å²) in [6.45, 7) is 0. The van der Waals surface area contributed by atoms with Gasteiger partial charge in [-0.1, -0.05) is 0 Å². The number of hydrogen-bond donors (Lipinski definition) is 0. The normalized spacial score (nSPS) is 11.4. The fourth-order valence-electron chi connectivity index (χ4n) is 0.904. The average Bonchev–Trinajstić information content (AvgIpc) is 2.11. The second-order valence-corrected chi connectivity index (χ2v) is 3.42. The number of hydrogen-bond acceptors (Lipinski definition) is 2. The van der Waals surface area contributed by atoms with Gasteiger partial charge in [0.15, 0.2) is 17.9 Å². The number of carbonyl (C=O) groups is 1. The van der Waals surface area contributed by atoms with Gasteiger partial charge in [0.1, 0.15) is 0 Å². The van der Waals surface area contributed by atoms with Crippen LogP contribution in [0.3, 0.4) is 0 Å². The second-order valence-electron chi connectivity index (χ2n) is 2.56. The van der Waals surface area contributed by atoms with Crippen LogP contribution in [-0.2, 0) is 0 Å².